The summed E-state index contributed by atoms with van der Waals surface area (Å²) in [5.74, 6) is 1.13. The Balaban J connectivity index is 3.24. The smallest absolute Gasteiger partial charge is 0.125 e. The van der Waals surface area contributed by atoms with Crippen LogP contribution < -0.4 is 4.74 Å². The Morgan fingerprint density at radius 1 is 1.50 bits per heavy atom. The maximum Gasteiger partial charge on any atom is 0.125 e. The van der Waals surface area contributed by atoms with E-state index in [9.17, 15) is 0 Å². The first-order chi connectivity index (χ1) is 5.69. The SMILES string of the molecule is COc1cc(I)cc(Cl)c1CCl. The van der Waals surface area contributed by atoms with Crippen molar-refractivity contribution in [2.75, 3.05) is 7.11 Å². The first kappa shape index (κ1) is 10.4. The molecule has 0 atom stereocenters. The summed E-state index contributed by atoms with van der Waals surface area (Å²) in [7, 11) is 1.61. The Kier molecular flexibility index (Phi) is 3.93. The van der Waals surface area contributed by atoms with Gasteiger partial charge in [0.25, 0.3) is 0 Å². The normalized spacial score (nSPS) is 10.0. The van der Waals surface area contributed by atoms with Crippen LogP contribution in [0.5, 0.6) is 5.75 Å². The van der Waals surface area contributed by atoms with E-state index in [0.29, 0.717) is 10.9 Å². The second-order valence-electron chi connectivity index (χ2n) is 2.20. The Morgan fingerprint density at radius 3 is 2.67 bits per heavy atom. The minimum absolute atomic E-state index is 0.374. The Morgan fingerprint density at radius 2 is 2.17 bits per heavy atom. The van der Waals surface area contributed by atoms with Crippen molar-refractivity contribution in [3.8, 4) is 5.75 Å². The molecule has 0 spiro atoms. The van der Waals surface area contributed by atoms with Crippen LogP contribution >= 0.6 is 45.8 Å². The lowest BCUT2D eigenvalue weighted by atomic mass is 10.2. The number of methoxy groups -OCH3 is 1. The molecule has 0 aliphatic rings. The first-order valence-corrected chi connectivity index (χ1v) is 5.26. The van der Waals surface area contributed by atoms with Gasteiger partial charge in [-0.2, -0.15) is 0 Å². The van der Waals surface area contributed by atoms with Crippen LogP contribution in [0.25, 0.3) is 0 Å². The van der Waals surface area contributed by atoms with Gasteiger partial charge in [0, 0.05) is 14.2 Å². The van der Waals surface area contributed by atoms with E-state index in [1.807, 2.05) is 12.1 Å². The lowest BCUT2D eigenvalue weighted by Gasteiger charge is -2.07. The van der Waals surface area contributed by atoms with Crippen molar-refractivity contribution in [2.24, 2.45) is 0 Å². The summed E-state index contributed by atoms with van der Waals surface area (Å²) in [4.78, 5) is 0. The number of hydrogen-bond acceptors (Lipinski definition) is 1. The minimum atomic E-state index is 0.374. The Hall–Kier alpha value is 0.330. The molecule has 0 aliphatic carbocycles. The molecule has 0 saturated heterocycles. The minimum Gasteiger partial charge on any atom is -0.496 e. The second-order valence-corrected chi connectivity index (χ2v) is 4.12. The van der Waals surface area contributed by atoms with E-state index < -0.39 is 0 Å². The molecule has 1 aromatic rings. The molecule has 0 unspecified atom stereocenters. The van der Waals surface area contributed by atoms with Crippen LogP contribution in [0.1, 0.15) is 5.56 Å². The Bertz CT molecular complexity index is 289. The fourth-order valence-electron chi connectivity index (χ4n) is 0.892. The first-order valence-electron chi connectivity index (χ1n) is 3.27. The molecule has 12 heavy (non-hydrogen) atoms. The predicted molar refractivity (Wildman–Crippen MR) is 60.3 cm³/mol. The third-order valence-corrected chi connectivity index (χ3v) is 2.70. The fourth-order valence-corrected chi connectivity index (χ4v) is 2.29. The number of rotatable bonds is 2. The van der Waals surface area contributed by atoms with Crippen LogP contribution in [0, 0.1) is 3.57 Å². The van der Waals surface area contributed by atoms with Crippen LogP contribution in [0.15, 0.2) is 12.1 Å². The third-order valence-electron chi connectivity index (χ3n) is 1.47. The number of ether oxygens (including phenoxy) is 1. The van der Waals surface area contributed by atoms with Gasteiger partial charge in [0.15, 0.2) is 0 Å². The average molecular weight is 317 g/mol. The summed E-state index contributed by atoms with van der Waals surface area (Å²) in [6, 6.07) is 3.77. The van der Waals surface area contributed by atoms with Gasteiger partial charge in [0.2, 0.25) is 0 Å². The van der Waals surface area contributed by atoms with Crippen molar-refractivity contribution in [3.63, 3.8) is 0 Å². The van der Waals surface area contributed by atoms with E-state index in [2.05, 4.69) is 22.6 Å². The summed E-state index contributed by atoms with van der Waals surface area (Å²) < 4.78 is 6.17. The second kappa shape index (κ2) is 4.53. The lowest BCUT2D eigenvalue weighted by Crippen LogP contribution is -1.91. The molecule has 0 aromatic heterocycles. The van der Waals surface area contributed by atoms with E-state index >= 15 is 0 Å². The number of benzene rings is 1. The van der Waals surface area contributed by atoms with Crippen LogP contribution in [0.2, 0.25) is 5.02 Å². The zero-order valence-corrected chi connectivity index (χ0v) is 10.1. The largest absolute Gasteiger partial charge is 0.496 e. The average Bonchev–Trinajstić information content (AvgIpc) is 2.03. The van der Waals surface area contributed by atoms with Crippen molar-refractivity contribution < 1.29 is 4.74 Å². The topological polar surface area (TPSA) is 9.23 Å². The molecule has 0 saturated carbocycles. The maximum absolute atomic E-state index is 5.94. The van der Waals surface area contributed by atoms with Gasteiger partial charge < -0.3 is 4.74 Å². The molecule has 1 nitrogen and oxygen atoms in total. The van der Waals surface area contributed by atoms with E-state index in [1.165, 1.54) is 0 Å². The molecule has 0 N–H and O–H groups in total. The highest BCUT2D eigenvalue weighted by Crippen LogP contribution is 2.30. The predicted octanol–water partition coefficient (Wildman–Crippen LogP) is 3.69. The highest BCUT2D eigenvalue weighted by molar-refractivity contribution is 14.1. The molecule has 1 rings (SSSR count). The standard InChI is InChI=1S/C8H7Cl2IO/c1-12-8-3-5(11)2-7(10)6(8)4-9/h2-3H,4H2,1H3. The molecule has 1 aromatic carbocycles. The monoisotopic (exact) mass is 316 g/mol. The molecule has 66 valence electrons. The van der Waals surface area contributed by atoms with Crippen molar-refractivity contribution in [1.29, 1.82) is 0 Å². The van der Waals surface area contributed by atoms with Crippen molar-refractivity contribution in [2.45, 2.75) is 5.88 Å². The van der Waals surface area contributed by atoms with Gasteiger partial charge in [0.05, 0.1) is 13.0 Å². The third kappa shape index (κ3) is 2.18. The van der Waals surface area contributed by atoms with E-state index in [1.54, 1.807) is 7.11 Å². The molecular formula is C8H7Cl2IO. The summed E-state index contributed by atoms with van der Waals surface area (Å²) in [5.41, 5.74) is 0.848. The van der Waals surface area contributed by atoms with E-state index in [4.69, 9.17) is 27.9 Å². The highest BCUT2D eigenvalue weighted by atomic mass is 127. The summed E-state index contributed by atoms with van der Waals surface area (Å²) in [5, 5.41) is 0.661. The summed E-state index contributed by atoms with van der Waals surface area (Å²) in [6.45, 7) is 0. The van der Waals surface area contributed by atoms with Gasteiger partial charge in [0.1, 0.15) is 5.75 Å². The number of hydrogen-bond donors (Lipinski definition) is 0. The summed E-state index contributed by atoms with van der Waals surface area (Å²) >= 11 is 13.8. The van der Waals surface area contributed by atoms with Crippen molar-refractivity contribution in [1.82, 2.24) is 0 Å². The van der Waals surface area contributed by atoms with Gasteiger partial charge >= 0.3 is 0 Å². The zero-order chi connectivity index (χ0) is 9.14. The van der Waals surface area contributed by atoms with Crippen LogP contribution in [0.4, 0.5) is 0 Å². The van der Waals surface area contributed by atoms with Crippen LogP contribution in [0.3, 0.4) is 0 Å². The number of alkyl halides is 1. The molecule has 0 aliphatic heterocycles. The van der Waals surface area contributed by atoms with Gasteiger partial charge in [-0.3, -0.25) is 0 Å². The zero-order valence-electron chi connectivity index (χ0n) is 6.40. The quantitative estimate of drug-likeness (QED) is 0.597. The van der Waals surface area contributed by atoms with Crippen LogP contribution in [-0.2, 0) is 5.88 Å². The highest BCUT2D eigenvalue weighted by Gasteiger charge is 2.07. The molecule has 4 heteroatoms. The van der Waals surface area contributed by atoms with Crippen molar-refractivity contribution >= 4 is 45.8 Å². The van der Waals surface area contributed by atoms with Gasteiger partial charge in [-0.25, -0.2) is 0 Å². The summed E-state index contributed by atoms with van der Waals surface area (Å²) in [6.07, 6.45) is 0. The Labute approximate surface area is 95.1 Å². The molecule has 0 heterocycles. The van der Waals surface area contributed by atoms with Gasteiger partial charge in [-0.15, -0.1) is 11.6 Å². The molecule has 0 radical (unpaired) electrons. The molecule has 0 bridgehead atoms. The van der Waals surface area contributed by atoms with Gasteiger partial charge in [-0.05, 0) is 34.7 Å². The molecule has 0 amide bonds. The van der Waals surface area contributed by atoms with Crippen molar-refractivity contribution in [3.05, 3.63) is 26.3 Å². The van der Waals surface area contributed by atoms with E-state index in [-0.39, 0.29) is 0 Å². The lowest BCUT2D eigenvalue weighted by molar-refractivity contribution is 0.411. The maximum atomic E-state index is 5.94. The van der Waals surface area contributed by atoms with Gasteiger partial charge in [-0.1, -0.05) is 11.6 Å². The fraction of sp³-hybridized carbons (Fsp3) is 0.250. The molecular weight excluding hydrogens is 310 g/mol. The van der Waals surface area contributed by atoms with E-state index in [0.717, 1.165) is 14.9 Å². The number of halogens is 3. The molecule has 0 fully saturated rings. The van der Waals surface area contributed by atoms with Crippen LogP contribution in [-0.4, -0.2) is 7.11 Å².